The summed E-state index contributed by atoms with van der Waals surface area (Å²) < 4.78 is 1.87. The van der Waals surface area contributed by atoms with Gasteiger partial charge in [0.1, 0.15) is 5.69 Å². The van der Waals surface area contributed by atoms with E-state index in [9.17, 15) is 9.59 Å². The number of rotatable bonds is 5. The lowest BCUT2D eigenvalue weighted by Crippen LogP contribution is -2.32. The highest BCUT2D eigenvalue weighted by Crippen LogP contribution is 2.16. The standard InChI is InChI=1S/C19H26N6O2/c1-24(2)19(27)22-15-6-3-5-14(11-15)12-21-18(26)17-8-10-25(23-17)16-7-4-9-20-13-16/h3,5-6,8,10-11,16,20H,4,7,9,12-13H2,1-2H3,(H,21,26)(H,22,27). The molecule has 0 aliphatic carbocycles. The molecule has 1 fully saturated rings. The second-order valence-corrected chi connectivity index (χ2v) is 6.89. The molecule has 1 atom stereocenters. The maximum Gasteiger partial charge on any atom is 0.321 e. The zero-order valence-electron chi connectivity index (χ0n) is 15.7. The molecule has 3 N–H and O–H groups in total. The molecule has 0 bridgehead atoms. The fraction of sp³-hybridized carbons (Fsp3) is 0.421. The largest absolute Gasteiger partial charge is 0.347 e. The fourth-order valence-corrected chi connectivity index (χ4v) is 2.99. The van der Waals surface area contributed by atoms with Crippen LogP contribution >= 0.6 is 0 Å². The summed E-state index contributed by atoms with van der Waals surface area (Å²) in [6, 6.07) is 9.25. The van der Waals surface area contributed by atoms with Gasteiger partial charge < -0.3 is 20.9 Å². The van der Waals surface area contributed by atoms with Crippen LogP contribution in [0.5, 0.6) is 0 Å². The molecule has 0 spiro atoms. The van der Waals surface area contributed by atoms with E-state index >= 15 is 0 Å². The van der Waals surface area contributed by atoms with E-state index in [2.05, 4.69) is 21.0 Å². The van der Waals surface area contributed by atoms with Crippen LogP contribution in [-0.2, 0) is 6.54 Å². The molecule has 1 aromatic heterocycles. The first kappa shape index (κ1) is 18.9. The van der Waals surface area contributed by atoms with Gasteiger partial charge in [0.05, 0.1) is 6.04 Å². The quantitative estimate of drug-likeness (QED) is 0.749. The van der Waals surface area contributed by atoms with Crippen LogP contribution in [0.3, 0.4) is 0 Å². The van der Waals surface area contributed by atoms with E-state index in [-0.39, 0.29) is 11.9 Å². The first-order valence-electron chi connectivity index (χ1n) is 9.14. The van der Waals surface area contributed by atoms with Crippen LogP contribution in [-0.4, -0.2) is 53.8 Å². The minimum Gasteiger partial charge on any atom is -0.347 e. The average molecular weight is 370 g/mol. The van der Waals surface area contributed by atoms with Crippen molar-refractivity contribution in [2.45, 2.75) is 25.4 Å². The Morgan fingerprint density at radius 1 is 1.33 bits per heavy atom. The van der Waals surface area contributed by atoms with Crippen molar-refractivity contribution in [3.63, 3.8) is 0 Å². The van der Waals surface area contributed by atoms with Gasteiger partial charge in [-0.1, -0.05) is 12.1 Å². The first-order valence-corrected chi connectivity index (χ1v) is 9.14. The van der Waals surface area contributed by atoms with Crippen molar-refractivity contribution in [3.8, 4) is 0 Å². The van der Waals surface area contributed by atoms with Gasteiger partial charge in [-0.3, -0.25) is 9.48 Å². The smallest absolute Gasteiger partial charge is 0.321 e. The number of amides is 3. The summed E-state index contributed by atoms with van der Waals surface area (Å²) in [4.78, 5) is 25.6. The molecule has 27 heavy (non-hydrogen) atoms. The summed E-state index contributed by atoms with van der Waals surface area (Å²) in [7, 11) is 3.36. The number of carbonyl (C=O) groups is 2. The fourth-order valence-electron chi connectivity index (χ4n) is 2.99. The summed E-state index contributed by atoms with van der Waals surface area (Å²) in [6.07, 6.45) is 4.05. The molecule has 8 heteroatoms. The number of piperidine rings is 1. The maximum absolute atomic E-state index is 12.4. The normalized spacial score (nSPS) is 16.6. The highest BCUT2D eigenvalue weighted by molar-refractivity contribution is 5.92. The van der Waals surface area contributed by atoms with E-state index in [1.807, 2.05) is 35.1 Å². The number of nitrogens with zero attached hydrogens (tertiary/aromatic N) is 3. The SMILES string of the molecule is CN(C)C(=O)Nc1cccc(CNC(=O)c2ccn(C3CCCNC3)n2)c1. The first-order chi connectivity index (χ1) is 13.0. The third-order valence-electron chi connectivity index (χ3n) is 4.52. The third kappa shape index (κ3) is 5.07. The summed E-state index contributed by atoms with van der Waals surface area (Å²) in [5, 5.41) is 13.4. The Kier molecular flexibility index (Phi) is 6.08. The van der Waals surface area contributed by atoms with Crippen LogP contribution < -0.4 is 16.0 Å². The minimum atomic E-state index is -0.208. The molecule has 8 nitrogen and oxygen atoms in total. The Labute approximate surface area is 158 Å². The lowest BCUT2D eigenvalue weighted by molar-refractivity contribution is 0.0944. The molecule has 1 unspecified atom stereocenters. The molecule has 2 heterocycles. The molecule has 1 aliphatic rings. The number of carbonyl (C=O) groups excluding carboxylic acids is 2. The van der Waals surface area contributed by atoms with Crippen molar-refractivity contribution < 1.29 is 9.59 Å². The molecular formula is C19H26N6O2. The van der Waals surface area contributed by atoms with Gasteiger partial charge in [-0.15, -0.1) is 0 Å². The lowest BCUT2D eigenvalue weighted by atomic mass is 10.1. The molecule has 3 amide bonds. The molecule has 1 aliphatic heterocycles. The predicted octanol–water partition coefficient (Wildman–Crippen LogP) is 1.83. The van der Waals surface area contributed by atoms with E-state index in [1.165, 1.54) is 4.90 Å². The van der Waals surface area contributed by atoms with Crippen molar-refractivity contribution in [1.82, 2.24) is 25.3 Å². The maximum atomic E-state index is 12.4. The molecular weight excluding hydrogens is 344 g/mol. The Morgan fingerprint density at radius 2 is 2.19 bits per heavy atom. The van der Waals surface area contributed by atoms with Gasteiger partial charge >= 0.3 is 6.03 Å². The Hall–Kier alpha value is -2.87. The molecule has 2 aromatic rings. The van der Waals surface area contributed by atoms with Gasteiger partial charge in [0.2, 0.25) is 0 Å². The van der Waals surface area contributed by atoms with Crippen molar-refractivity contribution in [2.24, 2.45) is 0 Å². The van der Waals surface area contributed by atoms with E-state index in [4.69, 9.17) is 0 Å². The van der Waals surface area contributed by atoms with Crippen LogP contribution in [0.4, 0.5) is 10.5 Å². The van der Waals surface area contributed by atoms with Gasteiger partial charge in [-0.25, -0.2) is 4.79 Å². The molecule has 1 aromatic carbocycles. The van der Waals surface area contributed by atoms with Crippen molar-refractivity contribution in [3.05, 3.63) is 47.8 Å². The van der Waals surface area contributed by atoms with Crippen LogP contribution in [0, 0.1) is 0 Å². The number of benzene rings is 1. The number of aromatic nitrogens is 2. The molecule has 0 radical (unpaired) electrons. The van der Waals surface area contributed by atoms with Crippen LogP contribution in [0.2, 0.25) is 0 Å². The highest BCUT2D eigenvalue weighted by atomic mass is 16.2. The van der Waals surface area contributed by atoms with Gasteiger partial charge in [0, 0.05) is 39.1 Å². The van der Waals surface area contributed by atoms with Gasteiger partial charge in [0.25, 0.3) is 5.91 Å². The van der Waals surface area contributed by atoms with Crippen LogP contribution in [0.1, 0.15) is 34.9 Å². The zero-order valence-corrected chi connectivity index (χ0v) is 15.7. The van der Waals surface area contributed by atoms with Gasteiger partial charge in [-0.05, 0) is 43.1 Å². The summed E-state index contributed by atoms with van der Waals surface area (Å²) >= 11 is 0. The Bertz CT molecular complexity index is 795. The van der Waals surface area contributed by atoms with Gasteiger partial charge in [-0.2, -0.15) is 5.10 Å². The van der Waals surface area contributed by atoms with E-state index in [0.29, 0.717) is 24.0 Å². The van der Waals surface area contributed by atoms with Crippen molar-refractivity contribution >= 4 is 17.6 Å². The van der Waals surface area contributed by atoms with Crippen molar-refractivity contribution in [2.75, 3.05) is 32.5 Å². The molecule has 3 rings (SSSR count). The second kappa shape index (κ2) is 8.68. The minimum absolute atomic E-state index is 0.195. The van der Waals surface area contributed by atoms with Gasteiger partial charge in [0.15, 0.2) is 0 Å². The Morgan fingerprint density at radius 3 is 2.93 bits per heavy atom. The van der Waals surface area contributed by atoms with E-state index < -0.39 is 0 Å². The summed E-state index contributed by atoms with van der Waals surface area (Å²) in [6.45, 7) is 2.29. The monoisotopic (exact) mass is 370 g/mol. The number of anilines is 1. The third-order valence-corrected chi connectivity index (χ3v) is 4.52. The lowest BCUT2D eigenvalue weighted by Gasteiger charge is -2.22. The molecule has 1 saturated heterocycles. The number of hydrogen-bond acceptors (Lipinski definition) is 4. The van der Waals surface area contributed by atoms with Crippen LogP contribution in [0.15, 0.2) is 36.5 Å². The van der Waals surface area contributed by atoms with E-state index in [0.717, 1.165) is 31.5 Å². The molecule has 144 valence electrons. The second-order valence-electron chi connectivity index (χ2n) is 6.89. The van der Waals surface area contributed by atoms with Crippen molar-refractivity contribution in [1.29, 1.82) is 0 Å². The number of hydrogen-bond donors (Lipinski definition) is 3. The number of urea groups is 1. The zero-order chi connectivity index (χ0) is 19.2. The topological polar surface area (TPSA) is 91.3 Å². The molecule has 0 saturated carbocycles. The number of nitrogens with one attached hydrogen (secondary N) is 3. The van der Waals surface area contributed by atoms with Crippen LogP contribution in [0.25, 0.3) is 0 Å². The average Bonchev–Trinajstić information content (AvgIpc) is 3.17. The highest BCUT2D eigenvalue weighted by Gasteiger charge is 2.17. The summed E-state index contributed by atoms with van der Waals surface area (Å²) in [5.41, 5.74) is 2.00. The predicted molar refractivity (Wildman–Crippen MR) is 104 cm³/mol. The van der Waals surface area contributed by atoms with E-state index in [1.54, 1.807) is 20.2 Å². The Balaban J connectivity index is 1.56. The summed E-state index contributed by atoms with van der Waals surface area (Å²) in [5.74, 6) is -0.208.